The minimum absolute atomic E-state index is 0.188. The van der Waals surface area contributed by atoms with E-state index in [0.717, 1.165) is 11.3 Å². The number of para-hydroxylation sites is 1. The number of thiophene rings is 1. The van der Waals surface area contributed by atoms with Crippen molar-refractivity contribution in [2.75, 3.05) is 23.9 Å². The third-order valence-corrected chi connectivity index (χ3v) is 5.34. The average Bonchev–Trinajstić information content (AvgIpc) is 3.22. The fourth-order valence-electron chi connectivity index (χ4n) is 3.09. The fourth-order valence-corrected chi connectivity index (χ4v) is 3.75. The van der Waals surface area contributed by atoms with E-state index in [2.05, 4.69) is 0 Å². The molecule has 1 aliphatic rings. The van der Waals surface area contributed by atoms with E-state index in [9.17, 15) is 9.59 Å². The molecule has 1 aromatic heterocycles. The van der Waals surface area contributed by atoms with Crippen molar-refractivity contribution in [3.8, 4) is 0 Å². The number of amides is 1. The van der Waals surface area contributed by atoms with Crippen molar-refractivity contribution in [2.45, 2.75) is 6.23 Å². The average molecular weight is 378 g/mol. The van der Waals surface area contributed by atoms with Crippen LogP contribution in [0.4, 0.5) is 11.4 Å². The molecule has 2 aromatic carbocycles. The zero-order chi connectivity index (χ0) is 19.0. The van der Waals surface area contributed by atoms with Gasteiger partial charge in [0.15, 0.2) is 0 Å². The molecule has 0 unspecified atom stereocenters. The van der Waals surface area contributed by atoms with Crippen LogP contribution in [0.2, 0.25) is 0 Å². The van der Waals surface area contributed by atoms with Crippen molar-refractivity contribution in [3.05, 3.63) is 82.0 Å². The van der Waals surface area contributed by atoms with E-state index in [1.54, 1.807) is 29.2 Å². The highest BCUT2D eigenvalue weighted by Crippen LogP contribution is 2.38. The molecule has 2 heterocycles. The molecule has 5 nitrogen and oxygen atoms in total. The number of cyclic esters (lactones) is 1. The summed E-state index contributed by atoms with van der Waals surface area (Å²) in [6.45, 7) is 0. The largest absolute Gasteiger partial charge is 0.433 e. The van der Waals surface area contributed by atoms with Crippen LogP contribution in [0.15, 0.2) is 66.0 Å². The summed E-state index contributed by atoms with van der Waals surface area (Å²) in [5.41, 5.74) is 2.73. The minimum Gasteiger partial charge on any atom is -0.433 e. The summed E-state index contributed by atoms with van der Waals surface area (Å²) in [6.07, 6.45) is -0.807. The van der Waals surface area contributed by atoms with E-state index in [1.165, 1.54) is 11.3 Å². The van der Waals surface area contributed by atoms with Crippen LogP contribution in [0, 0.1) is 0 Å². The second-order valence-electron chi connectivity index (χ2n) is 6.41. The van der Waals surface area contributed by atoms with E-state index >= 15 is 0 Å². The fraction of sp³-hybridized carbons (Fsp3) is 0.143. The van der Waals surface area contributed by atoms with Gasteiger partial charge in [0.05, 0.1) is 16.1 Å². The van der Waals surface area contributed by atoms with Crippen molar-refractivity contribution in [1.82, 2.24) is 0 Å². The minimum atomic E-state index is -0.807. The molecule has 1 amide bonds. The predicted octanol–water partition coefficient (Wildman–Crippen LogP) is 4.33. The Bertz CT molecular complexity index is 981. The zero-order valence-electron chi connectivity index (χ0n) is 15.0. The second kappa shape index (κ2) is 6.89. The van der Waals surface area contributed by atoms with Gasteiger partial charge in [-0.15, -0.1) is 11.3 Å². The van der Waals surface area contributed by atoms with E-state index in [-0.39, 0.29) is 5.91 Å². The third-order valence-electron chi connectivity index (χ3n) is 4.48. The normalized spacial score (nSPS) is 15.9. The van der Waals surface area contributed by atoms with Crippen molar-refractivity contribution in [2.24, 2.45) is 0 Å². The van der Waals surface area contributed by atoms with Gasteiger partial charge in [0.25, 0.3) is 5.91 Å². The molecule has 0 bridgehead atoms. The Morgan fingerprint density at radius 1 is 1.04 bits per heavy atom. The highest BCUT2D eigenvalue weighted by atomic mass is 32.1. The molecule has 0 N–H and O–H groups in total. The van der Waals surface area contributed by atoms with Crippen molar-refractivity contribution in [1.29, 1.82) is 0 Å². The SMILES string of the molecule is CN(C)c1ccc([C@H]2OC(=O)c3ccccc3N2C(=O)c2cccs2)cc1. The standard InChI is InChI=1S/C21H18N2O3S/c1-22(2)15-11-9-14(10-12-15)20-23(19(24)18-8-5-13-27-18)17-7-4-3-6-16(17)21(25)26-20/h3-13,20H,1-2H3/t20-/m1/s1. The zero-order valence-corrected chi connectivity index (χ0v) is 15.8. The van der Waals surface area contributed by atoms with Crippen molar-refractivity contribution >= 4 is 34.6 Å². The maximum atomic E-state index is 13.2. The number of carbonyl (C=O) groups is 2. The number of fused-ring (bicyclic) bond motifs is 1. The summed E-state index contributed by atoms with van der Waals surface area (Å²) in [5.74, 6) is -0.617. The maximum Gasteiger partial charge on any atom is 0.342 e. The predicted molar refractivity (Wildman–Crippen MR) is 106 cm³/mol. The Morgan fingerprint density at radius 3 is 2.44 bits per heavy atom. The van der Waals surface area contributed by atoms with Gasteiger partial charge in [-0.2, -0.15) is 0 Å². The number of rotatable bonds is 3. The van der Waals surface area contributed by atoms with Gasteiger partial charge in [-0.25, -0.2) is 4.79 Å². The Morgan fingerprint density at radius 2 is 1.78 bits per heavy atom. The molecular formula is C21H18N2O3S. The van der Waals surface area contributed by atoms with Crippen LogP contribution in [0.3, 0.4) is 0 Å². The molecule has 0 fully saturated rings. The van der Waals surface area contributed by atoms with Gasteiger partial charge in [-0.3, -0.25) is 9.69 Å². The molecule has 3 aromatic rings. The highest BCUT2D eigenvalue weighted by Gasteiger charge is 2.38. The van der Waals surface area contributed by atoms with E-state index in [0.29, 0.717) is 16.1 Å². The van der Waals surface area contributed by atoms with Crippen molar-refractivity contribution < 1.29 is 14.3 Å². The van der Waals surface area contributed by atoms with Crippen LogP contribution in [0.25, 0.3) is 0 Å². The molecule has 6 heteroatoms. The quantitative estimate of drug-likeness (QED) is 0.637. The Hall–Kier alpha value is -3.12. The first-order valence-corrected chi connectivity index (χ1v) is 9.38. The number of benzene rings is 2. The summed E-state index contributed by atoms with van der Waals surface area (Å²) >= 11 is 1.37. The lowest BCUT2D eigenvalue weighted by Gasteiger charge is -2.36. The summed E-state index contributed by atoms with van der Waals surface area (Å²) in [5, 5.41) is 1.86. The smallest absolute Gasteiger partial charge is 0.342 e. The molecule has 0 radical (unpaired) electrons. The van der Waals surface area contributed by atoms with Gasteiger partial charge >= 0.3 is 5.97 Å². The molecule has 27 heavy (non-hydrogen) atoms. The van der Waals surface area contributed by atoms with Crippen LogP contribution in [-0.4, -0.2) is 26.0 Å². The van der Waals surface area contributed by atoms with Crippen LogP contribution in [-0.2, 0) is 4.74 Å². The van der Waals surface area contributed by atoms with Gasteiger partial charge in [0.1, 0.15) is 0 Å². The lowest BCUT2D eigenvalue weighted by molar-refractivity contribution is 0.0249. The van der Waals surface area contributed by atoms with E-state index in [1.807, 2.05) is 60.8 Å². The molecule has 0 saturated carbocycles. The molecular weight excluding hydrogens is 360 g/mol. The van der Waals surface area contributed by atoms with E-state index < -0.39 is 12.2 Å². The first-order valence-electron chi connectivity index (χ1n) is 8.50. The van der Waals surface area contributed by atoms with Crippen LogP contribution in [0.5, 0.6) is 0 Å². The number of nitrogens with zero attached hydrogens (tertiary/aromatic N) is 2. The van der Waals surface area contributed by atoms with E-state index in [4.69, 9.17) is 4.74 Å². The van der Waals surface area contributed by atoms with Crippen LogP contribution in [0.1, 0.15) is 31.8 Å². The third kappa shape index (κ3) is 3.08. The van der Waals surface area contributed by atoms with Gasteiger partial charge in [-0.05, 0) is 35.7 Å². The summed E-state index contributed by atoms with van der Waals surface area (Å²) in [7, 11) is 3.91. The Kier molecular flexibility index (Phi) is 4.41. The highest BCUT2D eigenvalue weighted by molar-refractivity contribution is 7.12. The lowest BCUT2D eigenvalue weighted by atomic mass is 10.1. The monoisotopic (exact) mass is 378 g/mol. The molecule has 4 rings (SSSR count). The van der Waals surface area contributed by atoms with Crippen molar-refractivity contribution in [3.63, 3.8) is 0 Å². The maximum absolute atomic E-state index is 13.2. The summed E-state index contributed by atoms with van der Waals surface area (Å²) in [6, 6.07) is 18.3. The second-order valence-corrected chi connectivity index (χ2v) is 7.36. The molecule has 1 aliphatic heterocycles. The molecule has 0 aliphatic carbocycles. The Balaban J connectivity index is 1.81. The van der Waals surface area contributed by atoms with Gasteiger partial charge in [0.2, 0.25) is 6.23 Å². The lowest BCUT2D eigenvalue weighted by Crippen LogP contribution is -2.41. The van der Waals surface area contributed by atoms with Gasteiger partial charge in [-0.1, -0.05) is 30.3 Å². The summed E-state index contributed by atoms with van der Waals surface area (Å²) < 4.78 is 5.69. The topological polar surface area (TPSA) is 49.9 Å². The number of anilines is 2. The molecule has 0 spiro atoms. The number of hydrogen-bond acceptors (Lipinski definition) is 5. The van der Waals surface area contributed by atoms with Crippen LogP contribution < -0.4 is 9.80 Å². The van der Waals surface area contributed by atoms with Gasteiger partial charge < -0.3 is 9.64 Å². The van der Waals surface area contributed by atoms with Gasteiger partial charge in [0, 0.05) is 25.3 Å². The van der Waals surface area contributed by atoms with Crippen LogP contribution >= 0.6 is 11.3 Å². The number of ether oxygens (including phenoxy) is 1. The Labute approximate surface area is 161 Å². The number of hydrogen-bond donors (Lipinski definition) is 0. The first kappa shape index (κ1) is 17.3. The number of esters is 1. The summed E-state index contributed by atoms with van der Waals surface area (Å²) in [4.78, 5) is 29.9. The first-order chi connectivity index (χ1) is 13.1. The molecule has 1 atom stereocenters. The molecule has 136 valence electrons. The number of carbonyl (C=O) groups excluding carboxylic acids is 2. The molecule has 0 saturated heterocycles.